The Hall–Kier alpha value is -0.700. The van der Waals surface area contributed by atoms with E-state index >= 15 is 0 Å². The van der Waals surface area contributed by atoms with Crippen LogP contribution in [-0.4, -0.2) is 82.9 Å². The fourth-order valence-electron chi connectivity index (χ4n) is 3.75. The highest BCUT2D eigenvalue weighted by Crippen LogP contribution is 2.45. The minimum Gasteiger partial charge on any atom is -0.384 e. The molecule has 1 spiro atoms. The van der Waals surface area contributed by atoms with Crippen molar-refractivity contribution in [3.63, 3.8) is 0 Å². The van der Waals surface area contributed by atoms with Gasteiger partial charge in [-0.25, -0.2) is 12.7 Å². The molecule has 0 radical (unpaired) electrons. The lowest BCUT2D eigenvalue weighted by atomic mass is 9.71. The second kappa shape index (κ2) is 7.46. The van der Waals surface area contributed by atoms with Crippen LogP contribution in [0.15, 0.2) is 0 Å². The van der Waals surface area contributed by atoms with Crippen LogP contribution in [0.3, 0.4) is 0 Å². The molecule has 134 valence electrons. The van der Waals surface area contributed by atoms with Gasteiger partial charge in [-0.05, 0) is 19.8 Å². The molecule has 2 saturated heterocycles. The molecule has 2 heterocycles. The Labute approximate surface area is 139 Å². The molecule has 0 aromatic rings. The van der Waals surface area contributed by atoms with E-state index in [1.165, 1.54) is 0 Å². The van der Waals surface area contributed by atoms with Crippen LogP contribution in [0.25, 0.3) is 0 Å². The van der Waals surface area contributed by atoms with Crippen molar-refractivity contribution in [3.05, 3.63) is 0 Å². The Balaban J connectivity index is 2.12. The van der Waals surface area contributed by atoms with Crippen LogP contribution in [0.1, 0.15) is 19.8 Å². The van der Waals surface area contributed by atoms with Crippen LogP contribution in [0.2, 0.25) is 0 Å². The van der Waals surface area contributed by atoms with Gasteiger partial charge in [-0.2, -0.15) is 0 Å². The lowest BCUT2D eigenvalue weighted by Crippen LogP contribution is -2.47. The molecule has 2 fully saturated rings. The van der Waals surface area contributed by atoms with Gasteiger partial charge < -0.3 is 14.4 Å². The Morgan fingerprint density at radius 3 is 2.39 bits per heavy atom. The Morgan fingerprint density at radius 1 is 1.22 bits per heavy atom. The number of ether oxygens (including phenoxy) is 2. The lowest BCUT2D eigenvalue weighted by Gasteiger charge is -2.41. The van der Waals surface area contributed by atoms with Crippen molar-refractivity contribution < 1.29 is 22.7 Å². The Bertz CT molecular complexity index is 514. The number of carbonyl (C=O) groups is 1. The molecule has 2 rings (SSSR count). The van der Waals surface area contributed by atoms with Gasteiger partial charge in [0.25, 0.3) is 0 Å². The van der Waals surface area contributed by atoms with Gasteiger partial charge in [0, 0.05) is 45.8 Å². The van der Waals surface area contributed by atoms with E-state index in [1.54, 1.807) is 25.4 Å². The minimum absolute atomic E-state index is 0.107. The summed E-state index contributed by atoms with van der Waals surface area (Å²) in [5.74, 6) is 0.0481. The van der Waals surface area contributed by atoms with Crippen molar-refractivity contribution >= 4 is 15.9 Å². The van der Waals surface area contributed by atoms with E-state index in [2.05, 4.69) is 0 Å². The summed E-state index contributed by atoms with van der Waals surface area (Å²) in [6, 6.07) is 0. The van der Waals surface area contributed by atoms with Crippen LogP contribution >= 0.6 is 0 Å². The second-order valence-electron chi connectivity index (χ2n) is 6.42. The van der Waals surface area contributed by atoms with E-state index in [4.69, 9.17) is 9.47 Å². The molecule has 8 heteroatoms. The SMILES string of the molecule is CCS(=O)(=O)N1CCC2(CC1)CN(CCOC)C(=O)C2COC. The number of methoxy groups -OCH3 is 2. The first-order chi connectivity index (χ1) is 10.9. The maximum atomic E-state index is 12.7. The van der Waals surface area contributed by atoms with Crippen molar-refractivity contribution in [2.45, 2.75) is 19.8 Å². The summed E-state index contributed by atoms with van der Waals surface area (Å²) in [7, 11) is 0.0738. The molecule has 1 unspecified atom stereocenters. The van der Waals surface area contributed by atoms with Crippen molar-refractivity contribution in [1.29, 1.82) is 0 Å². The summed E-state index contributed by atoms with van der Waals surface area (Å²) in [6.07, 6.45) is 1.41. The van der Waals surface area contributed by atoms with E-state index in [0.717, 1.165) is 0 Å². The first-order valence-corrected chi connectivity index (χ1v) is 9.75. The van der Waals surface area contributed by atoms with Gasteiger partial charge in [-0.15, -0.1) is 0 Å². The van der Waals surface area contributed by atoms with Crippen LogP contribution < -0.4 is 0 Å². The normalized spacial score (nSPS) is 25.4. The third-order valence-corrected chi connectivity index (χ3v) is 7.11. The second-order valence-corrected chi connectivity index (χ2v) is 8.68. The number of carbonyl (C=O) groups excluding carboxylic acids is 1. The maximum Gasteiger partial charge on any atom is 0.228 e. The van der Waals surface area contributed by atoms with Gasteiger partial charge in [0.2, 0.25) is 15.9 Å². The van der Waals surface area contributed by atoms with Crippen molar-refractivity contribution in [2.75, 3.05) is 59.4 Å². The summed E-state index contributed by atoms with van der Waals surface area (Å²) in [5, 5.41) is 0. The smallest absolute Gasteiger partial charge is 0.228 e. The Kier molecular flexibility index (Phi) is 6.05. The molecule has 0 saturated carbocycles. The molecule has 1 amide bonds. The molecule has 0 aromatic carbocycles. The number of hydrogen-bond donors (Lipinski definition) is 0. The molecule has 7 nitrogen and oxygen atoms in total. The highest BCUT2D eigenvalue weighted by atomic mass is 32.2. The topological polar surface area (TPSA) is 76.2 Å². The van der Waals surface area contributed by atoms with E-state index in [1.807, 2.05) is 4.90 Å². The minimum atomic E-state index is -3.15. The monoisotopic (exact) mass is 348 g/mol. The predicted octanol–water partition coefficient (Wildman–Crippen LogP) is 0.170. The summed E-state index contributed by atoms with van der Waals surface area (Å²) in [4.78, 5) is 14.5. The largest absolute Gasteiger partial charge is 0.384 e. The number of amides is 1. The molecule has 2 aliphatic heterocycles. The van der Waals surface area contributed by atoms with Gasteiger partial charge in [-0.3, -0.25) is 4.79 Å². The zero-order valence-corrected chi connectivity index (χ0v) is 15.1. The standard InChI is InChI=1S/C15H28N2O5S/c1-4-23(19,20)17-7-5-15(6-8-17)12-16(9-10-21-2)14(18)13(15)11-22-3/h13H,4-12H2,1-3H3. The van der Waals surface area contributed by atoms with Gasteiger partial charge in [0.15, 0.2) is 0 Å². The first kappa shape index (κ1) is 18.6. The number of nitrogens with zero attached hydrogens (tertiary/aromatic N) is 2. The quantitative estimate of drug-likeness (QED) is 0.655. The van der Waals surface area contributed by atoms with E-state index < -0.39 is 10.0 Å². The maximum absolute atomic E-state index is 12.7. The fraction of sp³-hybridized carbons (Fsp3) is 0.933. The van der Waals surface area contributed by atoms with E-state index in [9.17, 15) is 13.2 Å². The zero-order valence-electron chi connectivity index (χ0n) is 14.3. The third kappa shape index (κ3) is 3.70. The molecule has 0 aliphatic carbocycles. The van der Waals surface area contributed by atoms with Gasteiger partial charge in [-0.1, -0.05) is 0 Å². The number of likely N-dealkylation sites (tertiary alicyclic amines) is 1. The van der Waals surface area contributed by atoms with Crippen LogP contribution in [-0.2, 0) is 24.3 Å². The van der Waals surface area contributed by atoms with Crippen LogP contribution in [0.4, 0.5) is 0 Å². The van der Waals surface area contributed by atoms with Crippen LogP contribution in [0.5, 0.6) is 0 Å². The molecule has 0 bridgehead atoms. The number of sulfonamides is 1. The first-order valence-electron chi connectivity index (χ1n) is 8.14. The summed E-state index contributed by atoms with van der Waals surface area (Å²) in [6.45, 7) is 4.79. The number of hydrogen-bond acceptors (Lipinski definition) is 5. The summed E-state index contributed by atoms with van der Waals surface area (Å²) in [5.41, 5.74) is -0.180. The van der Waals surface area contributed by atoms with Crippen molar-refractivity contribution in [2.24, 2.45) is 11.3 Å². The highest BCUT2D eigenvalue weighted by Gasteiger charge is 2.53. The molecule has 0 N–H and O–H groups in total. The number of rotatable bonds is 7. The van der Waals surface area contributed by atoms with Gasteiger partial charge >= 0.3 is 0 Å². The molecular formula is C15H28N2O5S. The van der Waals surface area contributed by atoms with Crippen molar-refractivity contribution in [1.82, 2.24) is 9.21 Å². The molecule has 1 atom stereocenters. The summed E-state index contributed by atoms with van der Waals surface area (Å²) < 4.78 is 36.0. The van der Waals surface area contributed by atoms with E-state index in [0.29, 0.717) is 52.2 Å². The van der Waals surface area contributed by atoms with Gasteiger partial charge in [0.05, 0.1) is 24.9 Å². The van der Waals surface area contributed by atoms with Crippen molar-refractivity contribution in [3.8, 4) is 0 Å². The summed E-state index contributed by atoms with van der Waals surface area (Å²) >= 11 is 0. The van der Waals surface area contributed by atoms with E-state index in [-0.39, 0.29) is 23.0 Å². The predicted molar refractivity (Wildman–Crippen MR) is 86.5 cm³/mol. The lowest BCUT2D eigenvalue weighted by molar-refractivity contribution is -0.134. The average molecular weight is 348 g/mol. The number of piperidine rings is 1. The van der Waals surface area contributed by atoms with Gasteiger partial charge in [0.1, 0.15) is 0 Å². The third-order valence-electron chi connectivity index (χ3n) is 5.23. The molecule has 23 heavy (non-hydrogen) atoms. The van der Waals surface area contributed by atoms with Crippen LogP contribution in [0, 0.1) is 11.3 Å². The highest BCUT2D eigenvalue weighted by molar-refractivity contribution is 7.89. The Morgan fingerprint density at radius 2 is 1.87 bits per heavy atom. The molecular weight excluding hydrogens is 320 g/mol. The fourth-order valence-corrected chi connectivity index (χ4v) is 4.86. The molecule has 2 aliphatic rings. The molecule has 0 aromatic heterocycles. The zero-order chi connectivity index (χ0) is 17.1. The average Bonchev–Trinajstić information content (AvgIpc) is 2.79.